The Hall–Kier alpha value is -0.560. The Morgan fingerprint density at radius 3 is 2.33 bits per heavy atom. The number of hydrogen-bond acceptors (Lipinski definition) is 1. The minimum atomic E-state index is -0.144. The number of carbonyl (C=O) groups is 1. The van der Waals surface area contributed by atoms with E-state index in [1.165, 1.54) is 11.1 Å². The molecule has 1 atom stereocenters. The van der Waals surface area contributed by atoms with E-state index in [9.17, 15) is 4.79 Å². The molecular weight excluding hydrogens is 208 g/mol. The standard InChI is InChI=1S/C13H21ClO/c1-10(2)6-5-7-11(3)8-13(14)9-12(4)15/h6,8,13H,5,7,9H2,1-4H3. The first-order valence-corrected chi connectivity index (χ1v) is 5.79. The molecule has 0 N–H and O–H groups in total. The van der Waals surface area contributed by atoms with Gasteiger partial charge in [-0.15, -0.1) is 11.6 Å². The fourth-order valence-corrected chi connectivity index (χ4v) is 1.75. The Balaban J connectivity index is 3.97. The van der Waals surface area contributed by atoms with E-state index in [4.69, 9.17) is 11.6 Å². The summed E-state index contributed by atoms with van der Waals surface area (Å²) < 4.78 is 0. The Kier molecular flexibility index (Phi) is 7.41. The Morgan fingerprint density at radius 2 is 1.87 bits per heavy atom. The summed E-state index contributed by atoms with van der Waals surface area (Å²) in [6, 6.07) is 0. The minimum Gasteiger partial charge on any atom is -0.300 e. The van der Waals surface area contributed by atoms with Crippen molar-refractivity contribution in [3.63, 3.8) is 0 Å². The fraction of sp³-hybridized carbons (Fsp3) is 0.615. The smallest absolute Gasteiger partial charge is 0.131 e. The molecule has 15 heavy (non-hydrogen) atoms. The van der Waals surface area contributed by atoms with Crippen molar-refractivity contribution in [1.82, 2.24) is 0 Å². The molecule has 0 saturated heterocycles. The molecule has 0 rings (SSSR count). The zero-order valence-corrected chi connectivity index (χ0v) is 10.9. The highest BCUT2D eigenvalue weighted by Crippen LogP contribution is 2.12. The van der Waals surface area contributed by atoms with Crippen molar-refractivity contribution in [2.75, 3.05) is 0 Å². The van der Waals surface area contributed by atoms with E-state index in [0.717, 1.165) is 12.8 Å². The molecule has 0 fully saturated rings. The zero-order chi connectivity index (χ0) is 11.8. The average Bonchev–Trinajstić information content (AvgIpc) is 2.00. The number of Topliss-reactive ketones (excluding diaryl/α,β-unsaturated/α-hetero) is 1. The Morgan fingerprint density at radius 1 is 1.27 bits per heavy atom. The molecule has 0 aromatic carbocycles. The van der Waals surface area contributed by atoms with Crippen LogP contribution in [0.5, 0.6) is 0 Å². The van der Waals surface area contributed by atoms with Crippen molar-refractivity contribution < 1.29 is 4.79 Å². The lowest BCUT2D eigenvalue weighted by atomic mass is 10.1. The van der Waals surface area contributed by atoms with Gasteiger partial charge in [-0.3, -0.25) is 4.79 Å². The second kappa shape index (κ2) is 7.70. The van der Waals surface area contributed by atoms with Crippen LogP contribution in [-0.4, -0.2) is 11.2 Å². The third-order valence-electron chi connectivity index (χ3n) is 2.04. The van der Waals surface area contributed by atoms with Crippen LogP contribution < -0.4 is 0 Å². The molecule has 0 aromatic rings. The molecule has 0 aliphatic carbocycles. The second-order valence-corrected chi connectivity index (χ2v) is 4.82. The summed E-state index contributed by atoms with van der Waals surface area (Å²) in [4.78, 5) is 10.8. The van der Waals surface area contributed by atoms with Crippen LogP contribution in [0.15, 0.2) is 23.3 Å². The monoisotopic (exact) mass is 228 g/mol. The van der Waals surface area contributed by atoms with Gasteiger partial charge in [-0.1, -0.05) is 23.3 Å². The Labute approximate surface area is 98.2 Å². The molecule has 0 aromatic heterocycles. The summed E-state index contributed by atoms with van der Waals surface area (Å²) in [6.07, 6.45) is 6.70. The van der Waals surface area contributed by atoms with Crippen molar-refractivity contribution in [2.45, 2.75) is 52.3 Å². The highest BCUT2D eigenvalue weighted by molar-refractivity contribution is 6.22. The maximum absolute atomic E-state index is 10.8. The van der Waals surface area contributed by atoms with Crippen LogP contribution in [0.4, 0.5) is 0 Å². The van der Waals surface area contributed by atoms with Gasteiger partial charge < -0.3 is 0 Å². The number of allylic oxidation sites excluding steroid dienone is 4. The summed E-state index contributed by atoms with van der Waals surface area (Å²) in [6.45, 7) is 7.83. The lowest BCUT2D eigenvalue weighted by molar-refractivity contribution is -0.116. The third-order valence-corrected chi connectivity index (χ3v) is 2.32. The van der Waals surface area contributed by atoms with Crippen LogP contribution in [0, 0.1) is 0 Å². The maximum atomic E-state index is 10.8. The minimum absolute atomic E-state index is 0.142. The van der Waals surface area contributed by atoms with E-state index in [2.05, 4.69) is 26.8 Å². The van der Waals surface area contributed by atoms with Crippen LogP contribution in [0.3, 0.4) is 0 Å². The van der Waals surface area contributed by atoms with Crippen LogP contribution in [0.1, 0.15) is 47.0 Å². The normalized spacial score (nSPS) is 13.5. The van der Waals surface area contributed by atoms with Gasteiger partial charge in [-0.2, -0.15) is 0 Å². The Bertz CT molecular complexity index is 260. The van der Waals surface area contributed by atoms with E-state index in [-0.39, 0.29) is 11.2 Å². The molecule has 0 radical (unpaired) electrons. The van der Waals surface area contributed by atoms with Crippen molar-refractivity contribution in [2.24, 2.45) is 0 Å². The van der Waals surface area contributed by atoms with Gasteiger partial charge in [-0.05, 0) is 40.5 Å². The van der Waals surface area contributed by atoms with Gasteiger partial charge in [0, 0.05) is 6.42 Å². The summed E-state index contributed by atoms with van der Waals surface area (Å²) in [5, 5.41) is -0.144. The van der Waals surface area contributed by atoms with Crippen molar-refractivity contribution >= 4 is 17.4 Å². The number of alkyl halides is 1. The van der Waals surface area contributed by atoms with Crippen LogP contribution in [0.2, 0.25) is 0 Å². The second-order valence-electron chi connectivity index (χ2n) is 4.26. The van der Waals surface area contributed by atoms with Gasteiger partial charge in [0.05, 0.1) is 5.38 Å². The molecule has 0 amide bonds. The first-order chi connectivity index (χ1) is 6.91. The highest BCUT2D eigenvalue weighted by atomic mass is 35.5. The van der Waals surface area contributed by atoms with E-state index >= 15 is 0 Å². The van der Waals surface area contributed by atoms with Crippen molar-refractivity contribution in [3.8, 4) is 0 Å². The molecule has 1 nitrogen and oxygen atoms in total. The lowest BCUT2D eigenvalue weighted by Gasteiger charge is -2.04. The molecule has 2 heteroatoms. The summed E-state index contributed by atoms with van der Waals surface area (Å²) in [5.41, 5.74) is 2.60. The SMILES string of the molecule is CC(=O)CC(Cl)C=C(C)CCC=C(C)C. The van der Waals surface area contributed by atoms with Crippen LogP contribution in [0.25, 0.3) is 0 Å². The first-order valence-electron chi connectivity index (χ1n) is 5.36. The fourth-order valence-electron chi connectivity index (χ4n) is 1.31. The van der Waals surface area contributed by atoms with Crippen molar-refractivity contribution in [1.29, 1.82) is 0 Å². The molecular formula is C13H21ClO. The highest BCUT2D eigenvalue weighted by Gasteiger charge is 2.04. The molecule has 1 unspecified atom stereocenters. The predicted octanol–water partition coefficient (Wildman–Crippen LogP) is 4.27. The molecule has 0 aliphatic rings. The number of ketones is 1. The summed E-state index contributed by atoms with van der Waals surface area (Å²) >= 11 is 6.00. The third kappa shape index (κ3) is 9.74. The van der Waals surface area contributed by atoms with E-state index in [1.807, 2.05) is 6.08 Å². The zero-order valence-electron chi connectivity index (χ0n) is 10.1. The van der Waals surface area contributed by atoms with Gasteiger partial charge >= 0.3 is 0 Å². The topological polar surface area (TPSA) is 17.1 Å². The van der Waals surface area contributed by atoms with E-state index in [1.54, 1.807) is 6.92 Å². The van der Waals surface area contributed by atoms with Crippen LogP contribution >= 0.6 is 11.6 Å². The quantitative estimate of drug-likeness (QED) is 0.490. The predicted molar refractivity (Wildman–Crippen MR) is 67.4 cm³/mol. The molecule has 0 aliphatic heterocycles. The first kappa shape index (κ1) is 14.4. The lowest BCUT2D eigenvalue weighted by Crippen LogP contribution is -2.02. The van der Waals surface area contributed by atoms with Gasteiger partial charge in [0.1, 0.15) is 5.78 Å². The largest absolute Gasteiger partial charge is 0.300 e. The summed E-state index contributed by atoms with van der Waals surface area (Å²) in [5.74, 6) is 0.142. The van der Waals surface area contributed by atoms with Gasteiger partial charge in [0.25, 0.3) is 0 Å². The number of carbonyl (C=O) groups excluding carboxylic acids is 1. The van der Waals surface area contributed by atoms with Gasteiger partial charge in [0.2, 0.25) is 0 Å². The summed E-state index contributed by atoms with van der Waals surface area (Å²) in [7, 11) is 0. The average molecular weight is 229 g/mol. The van der Waals surface area contributed by atoms with Gasteiger partial charge in [-0.25, -0.2) is 0 Å². The molecule has 0 bridgehead atoms. The van der Waals surface area contributed by atoms with E-state index in [0.29, 0.717) is 6.42 Å². The number of hydrogen-bond donors (Lipinski definition) is 0. The molecule has 86 valence electrons. The number of rotatable bonds is 6. The van der Waals surface area contributed by atoms with E-state index < -0.39 is 0 Å². The maximum Gasteiger partial charge on any atom is 0.131 e. The van der Waals surface area contributed by atoms with Crippen molar-refractivity contribution in [3.05, 3.63) is 23.3 Å². The van der Waals surface area contributed by atoms with Gasteiger partial charge in [0.15, 0.2) is 0 Å². The molecule has 0 saturated carbocycles. The molecule has 0 heterocycles. The molecule has 0 spiro atoms. The van der Waals surface area contributed by atoms with Crippen LogP contribution in [-0.2, 0) is 4.79 Å². The number of halogens is 1.